The van der Waals surface area contributed by atoms with Crippen LogP contribution in [0.5, 0.6) is 5.75 Å². The van der Waals surface area contributed by atoms with Gasteiger partial charge in [-0.15, -0.1) is 0 Å². The third-order valence-electron chi connectivity index (χ3n) is 6.77. The van der Waals surface area contributed by atoms with Gasteiger partial charge in [-0.25, -0.2) is 9.67 Å². The highest BCUT2D eigenvalue weighted by Gasteiger charge is 2.61. The molecule has 148 valence electrons. The topological polar surface area (TPSA) is 69.0 Å². The number of amides is 1. The first-order valence-corrected chi connectivity index (χ1v) is 9.68. The van der Waals surface area contributed by atoms with Crippen molar-refractivity contribution in [1.82, 2.24) is 14.8 Å². The predicted octanol–water partition coefficient (Wildman–Crippen LogP) is 3.81. The van der Waals surface area contributed by atoms with E-state index in [2.05, 4.69) is 20.1 Å². The van der Waals surface area contributed by atoms with Crippen LogP contribution in [0.25, 0.3) is 0 Å². The van der Waals surface area contributed by atoms with E-state index in [9.17, 15) is 13.6 Å². The van der Waals surface area contributed by atoms with Crippen molar-refractivity contribution in [2.24, 2.45) is 17.3 Å². The van der Waals surface area contributed by atoms with Crippen molar-refractivity contribution < 1.29 is 18.3 Å². The van der Waals surface area contributed by atoms with Crippen LogP contribution in [0.3, 0.4) is 0 Å². The average Bonchev–Trinajstić information content (AvgIpc) is 3.17. The van der Waals surface area contributed by atoms with E-state index < -0.39 is 12.0 Å². The molecule has 0 aliphatic heterocycles. The molecule has 1 amide bonds. The van der Waals surface area contributed by atoms with Gasteiger partial charge in [-0.2, -0.15) is 13.9 Å². The number of aromatic nitrogens is 3. The van der Waals surface area contributed by atoms with Crippen molar-refractivity contribution in [2.45, 2.75) is 50.7 Å². The summed E-state index contributed by atoms with van der Waals surface area (Å²) in [5.41, 5.74) is -0.386. The fraction of sp³-hybridized carbons (Fsp3) is 0.550. The number of rotatable bonds is 5. The third kappa shape index (κ3) is 2.77. The minimum Gasteiger partial charge on any atom is -0.433 e. The van der Waals surface area contributed by atoms with E-state index in [1.807, 2.05) is 4.68 Å². The van der Waals surface area contributed by atoms with E-state index in [0.29, 0.717) is 23.9 Å². The predicted molar refractivity (Wildman–Crippen MR) is 96.8 cm³/mol. The monoisotopic (exact) mass is 388 g/mol. The number of anilines is 1. The summed E-state index contributed by atoms with van der Waals surface area (Å²) in [5.74, 6) is 0.838. The Balaban J connectivity index is 1.44. The van der Waals surface area contributed by atoms with Gasteiger partial charge in [0.1, 0.15) is 18.4 Å². The molecule has 0 spiro atoms. The van der Waals surface area contributed by atoms with Crippen LogP contribution in [0.1, 0.15) is 38.5 Å². The van der Waals surface area contributed by atoms with Gasteiger partial charge in [0.2, 0.25) is 5.91 Å². The average molecular weight is 388 g/mol. The molecule has 1 N–H and O–H groups in total. The Kier molecular flexibility index (Phi) is 3.93. The van der Waals surface area contributed by atoms with Crippen LogP contribution in [-0.4, -0.2) is 27.3 Å². The van der Waals surface area contributed by atoms with E-state index in [1.165, 1.54) is 6.07 Å². The van der Waals surface area contributed by atoms with Crippen molar-refractivity contribution >= 4 is 11.6 Å². The maximum atomic E-state index is 13.4. The van der Waals surface area contributed by atoms with E-state index in [-0.39, 0.29) is 17.2 Å². The van der Waals surface area contributed by atoms with Gasteiger partial charge in [-0.05, 0) is 62.5 Å². The molecule has 0 saturated heterocycles. The summed E-state index contributed by atoms with van der Waals surface area (Å²) in [5, 5.41) is 7.29. The first-order chi connectivity index (χ1) is 13.5. The largest absolute Gasteiger partial charge is 0.433 e. The molecule has 2 unspecified atom stereocenters. The van der Waals surface area contributed by atoms with Gasteiger partial charge in [-0.3, -0.25) is 4.79 Å². The van der Waals surface area contributed by atoms with Crippen molar-refractivity contribution in [3.05, 3.63) is 36.9 Å². The first kappa shape index (κ1) is 17.6. The molecule has 0 radical (unpaired) electrons. The highest BCUT2D eigenvalue weighted by atomic mass is 19.3. The maximum absolute atomic E-state index is 13.4. The summed E-state index contributed by atoms with van der Waals surface area (Å²) in [4.78, 5) is 17.5. The number of carbonyl (C=O) groups excluding carboxylic acids is 1. The molecule has 1 heterocycles. The molecule has 6 nitrogen and oxygen atoms in total. The lowest BCUT2D eigenvalue weighted by molar-refractivity contribution is -0.150. The fourth-order valence-electron chi connectivity index (χ4n) is 6.22. The Morgan fingerprint density at radius 3 is 2.64 bits per heavy atom. The van der Waals surface area contributed by atoms with Gasteiger partial charge in [0.15, 0.2) is 0 Å². The van der Waals surface area contributed by atoms with E-state index >= 15 is 0 Å². The number of nitrogens with one attached hydrogen (secondary N) is 1. The van der Waals surface area contributed by atoms with Crippen LogP contribution in [0.4, 0.5) is 14.5 Å². The molecule has 1 aromatic heterocycles. The molecular weight excluding hydrogens is 366 g/mol. The highest BCUT2D eigenvalue weighted by Crippen LogP contribution is 2.64. The number of nitrogens with zero attached hydrogens (tertiary/aromatic N) is 3. The van der Waals surface area contributed by atoms with Gasteiger partial charge in [-0.1, -0.05) is 12.1 Å². The van der Waals surface area contributed by atoms with Gasteiger partial charge >= 0.3 is 6.61 Å². The normalized spacial score (nSPS) is 33.2. The molecule has 4 atom stereocenters. The molecule has 4 aliphatic carbocycles. The van der Waals surface area contributed by atoms with E-state index in [4.69, 9.17) is 0 Å². The van der Waals surface area contributed by atoms with Crippen LogP contribution < -0.4 is 10.1 Å². The maximum Gasteiger partial charge on any atom is 0.387 e. The molecule has 8 heteroatoms. The van der Waals surface area contributed by atoms with Crippen LogP contribution in [0.15, 0.2) is 36.9 Å². The molecule has 1 aromatic carbocycles. The Morgan fingerprint density at radius 1 is 1.21 bits per heavy atom. The molecule has 4 fully saturated rings. The summed E-state index contributed by atoms with van der Waals surface area (Å²) in [6.45, 7) is -2.94. The van der Waals surface area contributed by atoms with Crippen molar-refractivity contribution in [3.8, 4) is 5.75 Å². The number of para-hydroxylation sites is 2. The first-order valence-electron chi connectivity index (χ1n) is 9.68. The second kappa shape index (κ2) is 6.25. The van der Waals surface area contributed by atoms with E-state index in [1.54, 1.807) is 30.9 Å². The molecule has 2 aromatic rings. The molecule has 4 bridgehead atoms. The third-order valence-corrected chi connectivity index (χ3v) is 6.77. The molecule has 4 aliphatic rings. The number of hydrogen-bond acceptors (Lipinski definition) is 4. The molecule has 6 rings (SSSR count). The lowest BCUT2D eigenvalue weighted by atomic mass is 9.46. The second-order valence-corrected chi connectivity index (χ2v) is 8.63. The van der Waals surface area contributed by atoms with Crippen LogP contribution >= 0.6 is 0 Å². The summed E-state index contributed by atoms with van der Waals surface area (Å²) >= 11 is 0. The zero-order valence-corrected chi connectivity index (χ0v) is 15.4. The number of halogens is 2. The number of alkyl halides is 2. The Bertz CT molecular complexity index is 872. The van der Waals surface area contributed by atoms with Crippen LogP contribution in [0, 0.1) is 17.3 Å². The fourth-order valence-corrected chi connectivity index (χ4v) is 6.22. The lowest BCUT2D eigenvalue weighted by Crippen LogP contribution is -2.60. The standard InChI is InChI=1S/C20H22F2N4O2/c21-18(22)28-16-4-2-1-3-15(16)25-17(27)19-6-13-5-14(7-19)9-20(8-13,10-19)26-12-23-11-24-26/h1-4,11-14,18H,5-10H2,(H,25,27)/t13-,14+,19?,20?. The molecular formula is C20H22F2N4O2. The summed E-state index contributed by atoms with van der Waals surface area (Å²) in [6.07, 6.45) is 8.87. The van der Waals surface area contributed by atoms with Crippen molar-refractivity contribution in [1.29, 1.82) is 0 Å². The van der Waals surface area contributed by atoms with Crippen molar-refractivity contribution in [2.75, 3.05) is 5.32 Å². The lowest BCUT2D eigenvalue weighted by Gasteiger charge is -2.60. The molecule has 28 heavy (non-hydrogen) atoms. The van der Waals surface area contributed by atoms with E-state index in [0.717, 1.165) is 32.1 Å². The van der Waals surface area contributed by atoms with Gasteiger partial charge in [0, 0.05) is 0 Å². The Morgan fingerprint density at radius 2 is 1.96 bits per heavy atom. The quantitative estimate of drug-likeness (QED) is 0.846. The smallest absolute Gasteiger partial charge is 0.387 e. The Hall–Kier alpha value is -2.51. The second-order valence-electron chi connectivity index (χ2n) is 8.63. The van der Waals surface area contributed by atoms with Gasteiger partial charge < -0.3 is 10.1 Å². The summed E-state index contributed by atoms with van der Waals surface area (Å²) in [7, 11) is 0. The van der Waals surface area contributed by atoms with Crippen LogP contribution in [-0.2, 0) is 10.3 Å². The SMILES string of the molecule is O=C(Nc1ccccc1OC(F)F)C12C[C@H]3C[C@@H](C1)CC(n1cncn1)(C3)C2. The van der Waals surface area contributed by atoms with Gasteiger partial charge in [0.05, 0.1) is 16.6 Å². The van der Waals surface area contributed by atoms with Crippen LogP contribution in [0.2, 0.25) is 0 Å². The zero-order valence-electron chi connectivity index (χ0n) is 15.4. The van der Waals surface area contributed by atoms with Crippen molar-refractivity contribution in [3.63, 3.8) is 0 Å². The van der Waals surface area contributed by atoms with Gasteiger partial charge in [0.25, 0.3) is 0 Å². The minimum atomic E-state index is -2.94. The minimum absolute atomic E-state index is 0.0124. The summed E-state index contributed by atoms with van der Waals surface area (Å²) < 4.78 is 31.9. The zero-order chi connectivity index (χ0) is 19.4. The number of ether oxygens (including phenoxy) is 1. The Labute approximate surface area is 161 Å². The number of hydrogen-bond donors (Lipinski definition) is 1. The number of benzene rings is 1. The number of carbonyl (C=O) groups is 1. The summed E-state index contributed by atoms with van der Waals surface area (Å²) in [6, 6.07) is 6.35. The highest BCUT2D eigenvalue weighted by molar-refractivity contribution is 5.97. The molecule has 4 saturated carbocycles.